The minimum atomic E-state index is -1.56. The predicted molar refractivity (Wildman–Crippen MR) is 33.5 cm³/mol. The lowest BCUT2D eigenvalue weighted by atomic mass is 9.88. The second-order valence-corrected chi connectivity index (χ2v) is 3.13. The van der Waals surface area contributed by atoms with Gasteiger partial charge in [-0.3, -0.25) is 0 Å². The Morgan fingerprint density at radius 1 is 1.50 bits per heavy atom. The predicted octanol–water partition coefficient (Wildman–Crippen LogP) is -0.0192. The average molecular weight is 146 g/mol. The fourth-order valence-electron chi connectivity index (χ4n) is 0.774. The van der Waals surface area contributed by atoms with Crippen molar-refractivity contribution in [2.24, 2.45) is 0 Å². The maximum atomic E-state index is 10.7. The second-order valence-electron chi connectivity index (χ2n) is 3.13. The largest absolute Gasteiger partial charge is 0.703 e. The molecule has 1 fully saturated rings. The van der Waals surface area contributed by atoms with Crippen LogP contribution in [0.25, 0.3) is 0 Å². The third-order valence-electron chi connectivity index (χ3n) is 2.17. The zero-order valence-electron chi connectivity index (χ0n) is 6.16. The normalized spacial score (nSPS) is 37.7. The standard InChI is InChI=1S/C5H10N2O3/c1-4(2)5(3,8)7(10)6(4)9/h8H,1-3H3/t5-/m1/s1. The monoisotopic (exact) mass is 146 g/mol. The molecule has 1 N–H and O–H groups in total. The third-order valence-corrected chi connectivity index (χ3v) is 2.17. The van der Waals surface area contributed by atoms with E-state index in [1.807, 2.05) is 0 Å². The fourth-order valence-corrected chi connectivity index (χ4v) is 0.774. The molecule has 5 nitrogen and oxygen atoms in total. The molecule has 5 heteroatoms. The van der Waals surface area contributed by atoms with Gasteiger partial charge in [-0.05, 0) is 13.8 Å². The van der Waals surface area contributed by atoms with Gasteiger partial charge in [0.15, 0.2) is 5.54 Å². The zero-order chi connectivity index (χ0) is 8.15. The maximum Gasteiger partial charge on any atom is 0.367 e. The van der Waals surface area contributed by atoms with Crippen LogP contribution in [0.4, 0.5) is 0 Å². The van der Waals surface area contributed by atoms with Crippen LogP contribution >= 0.6 is 0 Å². The van der Waals surface area contributed by atoms with Gasteiger partial charge in [0, 0.05) is 6.92 Å². The van der Waals surface area contributed by atoms with Crippen molar-refractivity contribution in [3.05, 3.63) is 10.1 Å². The van der Waals surface area contributed by atoms with E-state index in [-0.39, 0.29) is 10.0 Å². The molecule has 1 aliphatic rings. The number of aliphatic hydroxyl groups is 1. The van der Waals surface area contributed by atoms with Gasteiger partial charge in [0.05, 0.1) is 4.91 Å². The van der Waals surface area contributed by atoms with E-state index in [4.69, 9.17) is 0 Å². The van der Waals surface area contributed by atoms with Gasteiger partial charge in [-0.25, -0.2) is 0 Å². The van der Waals surface area contributed by atoms with E-state index >= 15 is 0 Å². The molecule has 0 aromatic carbocycles. The van der Waals surface area contributed by atoms with Gasteiger partial charge < -0.3 is 10.3 Å². The highest BCUT2D eigenvalue weighted by Crippen LogP contribution is 2.38. The highest BCUT2D eigenvalue weighted by Gasteiger charge is 2.69. The zero-order valence-corrected chi connectivity index (χ0v) is 6.16. The molecular weight excluding hydrogens is 136 g/mol. The first kappa shape index (κ1) is 7.43. The van der Waals surface area contributed by atoms with Crippen molar-refractivity contribution in [1.29, 1.82) is 0 Å². The Morgan fingerprint density at radius 3 is 2.00 bits per heavy atom. The molecule has 1 heterocycles. The smallest absolute Gasteiger partial charge is 0.367 e. The number of nitrogens with zero attached hydrogens (tertiary/aromatic N) is 2. The lowest BCUT2D eigenvalue weighted by Crippen LogP contribution is -2.77. The van der Waals surface area contributed by atoms with Gasteiger partial charge >= 0.3 is 5.72 Å². The molecule has 0 saturated carbocycles. The summed E-state index contributed by atoms with van der Waals surface area (Å²) < 4.78 is 0. The van der Waals surface area contributed by atoms with Gasteiger partial charge in [0.2, 0.25) is 0 Å². The first-order valence-corrected chi connectivity index (χ1v) is 2.99. The minimum Gasteiger partial charge on any atom is -0.703 e. The molecule has 1 aliphatic heterocycles. The molecule has 0 unspecified atom stereocenters. The highest BCUT2D eigenvalue weighted by molar-refractivity contribution is 4.94. The molecule has 58 valence electrons. The van der Waals surface area contributed by atoms with E-state index in [1.165, 1.54) is 20.8 Å². The van der Waals surface area contributed by atoms with E-state index in [2.05, 4.69) is 0 Å². The van der Waals surface area contributed by atoms with E-state index in [1.54, 1.807) is 0 Å². The molecule has 0 aromatic rings. The summed E-state index contributed by atoms with van der Waals surface area (Å²) in [5, 5.41) is 20.1. The summed E-state index contributed by atoms with van der Waals surface area (Å²) in [6, 6.07) is 0. The lowest BCUT2D eigenvalue weighted by molar-refractivity contribution is -0.884. The van der Waals surface area contributed by atoms with E-state index in [0.717, 1.165) is 0 Å². The molecule has 0 aromatic heterocycles. The number of rotatable bonds is 0. The van der Waals surface area contributed by atoms with Crippen molar-refractivity contribution >= 4 is 0 Å². The first-order chi connectivity index (χ1) is 4.32. The summed E-state index contributed by atoms with van der Waals surface area (Å²) in [6.45, 7) is 4.33. The Labute approximate surface area is 58.4 Å². The van der Waals surface area contributed by atoms with Crippen LogP contribution in [0.2, 0.25) is 0 Å². The quantitative estimate of drug-likeness (QED) is 0.488. The number of hydrazine groups is 1. The molecule has 0 amide bonds. The van der Waals surface area contributed by atoms with Crippen LogP contribution in [0.15, 0.2) is 0 Å². The molecule has 0 spiro atoms. The summed E-state index contributed by atoms with van der Waals surface area (Å²) in [5.74, 6) is 0. The summed E-state index contributed by atoms with van der Waals surface area (Å²) in [5.41, 5.74) is -2.57. The summed E-state index contributed by atoms with van der Waals surface area (Å²) >= 11 is 0. The summed E-state index contributed by atoms with van der Waals surface area (Å²) in [7, 11) is 0. The Hall–Kier alpha value is -0.680. The van der Waals surface area contributed by atoms with Crippen molar-refractivity contribution in [2.45, 2.75) is 32.0 Å². The number of nitroso groups, excluding NO2 is 1. The third kappa shape index (κ3) is 0.494. The molecule has 1 saturated heterocycles. The Kier molecular flexibility index (Phi) is 1.10. The van der Waals surface area contributed by atoms with Gasteiger partial charge in [-0.1, -0.05) is 0 Å². The molecule has 0 aliphatic carbocycles. The summed E-state index contributed by atoms with van der Waals surface area (Å²) in [4.78, 5) is 10.6. The van der Waals surface area contributed by atoms with E-state index in [0.29, 0.717) is 0 Å². The molecular formula is C5H10N2O3. The maximum absolute atomic E-state index is 10.7. The fraction of sp³-hybridized carbons (Fsp3) is 1.00. The number of hydroxylamine groups is 1. The lowest BCUT2D eigenvalue weighted by Gasteiger charge is -2.50. The van der Waals surface area contributed by atoms with Gasteiger partial charge in [-0.15, -0.1) is 0 Å². The van der Waals surface area contributed by atoms with E-state index in [9.17, 15) is 15.2 Å². The highest BCUT2D eigenvalue weighted by atomic mass is 16.6. The Morgan fingerprint density at radius 2 is 1.90 bits per heavy atom. The van der Waals surface area contributed by atoms with Crippen LogP contribution in [0, 0.1) is 10.1 Å². The molecule has 1 atom stereocenters. The Balaban J connectivity index is 2.92. The van der Waals surface area contributed by atoms with Crippen molar-refractivity contribution < 1.29 is 9.98 Å². The topological polar surface area (TPSA) is 66.6 Å². The van der Waals surface area contributed by atoms with Crippen molar-refractivity contribution in [1.82, 2.24) is 5.17 Å². The van der Waals surface area contributed by atoms with Crippen LogP contribution in [0.3, 0.4) is 0 Å². The SMILES string of the molecule is CC1(C)N([O-])[N+](=O)[C@]1(C)O. The van der Waals surface area contributed by atoms with Crippen molar-refractivity contribution in [2.75, 3.05) is 0 Å². The Bertz CT molecular complexity index is 187. The van der Waals surface area contributed by atoms with Crippen LogP contribution in [-0.4, -0.2) is 26.4 Å². The molecule has 10 heavy (non-hydrogen) atoms. The molecule has 1 rings (SSSR count). The average Bonchev–Trinajstić information content (AvgIpc) is 1.84. The van der Waals surface area contributed by atoms with Crippen LogP contribution in [0.5, 0.6) is 0 Å². The van der Waals surface area contributed by atoms with Crippen molar-refractivity contribution in [3.8, 4) is 0 Å². The summed E-state index contributed by atoms with van der Waals surface area (Å²) in [6.07, 6.45) is 0. The first-order valence-electron chi connectivity index (χ1n) is 2.99. The number of hydrogen-bond acceptors (Lipinski definition) is 3. The molecule has 0 radical (unpaired) electrons. The van der Waals surface area contributed by atoms with Gasteiger partial charge in [0.1, 0.15) is 4.87 Å². The minimum absolute atomic E-state index is 0.0208. The van der Waals surface area contributed by atoms with Crippen LogP contribution in [0.1, 0.15) is 20.8 Å². The van der Waals surface area contributed by atoms with Crippen molar-refractivity contribution in [3.63, 3.8) is 0 Å². The van der Waals surface area contributed by atoms with Crippen LogP contribution < -0.4 is 0 Å². The van der Waals surface area contributed by atoms with Gasteiger partial charge in [-0.2, -0.15) is 5.17 Å². The number of hydrogen-bond donors (Lipinski definition) is 1. The van der Waals surface area contributed by atoms with Crippen LogP contribution in [-0.2, 0) is 0 Å². The van der Waals surface area contributed by atoms with Gasteiger partial charge in [0.25, 0.3) is 0 Å². The second kappa shape index (κ2) is 1.49. The van der Waals surface area contributed by atoms with E-state index < -0.39 is 11.3 Å². The molecule has 0 bridgehead atoms.